The van der Waals surface area contributed by atoms with E-state index in [1.165, 1.54) is 88.5 Å². The second-order valence-corrected chi connectivity index (χ2v) is 15.3. The van der Waals surface area contributed by atoms with Crippen molar-refractivity contribution in [3.05, 3.63) is 59.7 Å². The first-order valence-corrected chi connectivity index (χ1v) is 19.9. The number of phosphoric acid groups is 3. The second kappa shape index (κ2) is 22.5. The quantitative estimate of drug-likeness (QED) is 0.0691. The minimum Gasteiger partial charge on any atom is -0.395 e. The van der Waals surface area contributed by atoms with Crippen molar-refractivity contribution >= 4 is 23.5 Å². The molecular formula is C30H49NdO10P3. The van der Waals surface area contributed by atoms with Crippen molar-refractivity contribution in [2.45, 2.75) is 117 Å². The van der Waals surface area contributed by atoms with Crippen LogP contribution in [0.4, 0.5) is 0 Å². The van der Waals surface area contributed by atoms with Gasteiger partial charge in [0.2, 0.25) is 0 Å². The number of benzene rings is 2. The Morgan fingerprint density at radius 3 is 1.20 bits per heavy atom. The van der Waals surface area contributed by atoms with E-state index in [0.717, 1.165) is 49.7 Å². The largest absolute Gasteiger partial charge is 0.596 e. The molecular weight excluding hydrogens is 757 g/mol. The van der Waals surface area contributed by atoms with E-state index in [4.69, 9.17) is 18.8 Å². The minimum absolute atomic E-state index is 0. The van der Waals surface area contributed by atoms with Gasteiger partial charge in [-0.15, -0.1) is 0 Å². The molecule has 2 aromatic rings. The molecule has 10 nitrogen and oxygen atoms in total. The van der Waals surface area contributed by atoms with Crippen LogP contribution >= 0.6 is 23.5 Å². The Labute approximate surface area is 296 Å². The Kier molecular flexibility index (Phi) is 21.4. The number of aryl methyl sites for hydroxylation is 2. The van der Waals surface area contributed by atoms with Crippen molar-refractivity contribution in [2.24, 2.45) is 0 Å². The number of unbranched alkanes of at least 4 members (excludes halogenated alkanes) is 12. The summed E-state index contributed by atoms with van der Waals surface area (Å²) in [4.78, 5) is 27.9. The van der Waals surface area contributed by atoms with Crippen LogP contribution in [0.3, 0.4) is 0 Å². The monoisotopic (exact) mass is 804 g/mol. The van der Waals surface area contributed by atoms with Gasteiger partial charge in [-0.1, -0.05) is 115 Å². The van der Waals surface area contributed by atoms with Gasteiger partial charge in [0.1, 0.15) is 11.5 Å². The summed E-state index contributed by atoms with van der Waals surface area (Å²) >= 11 is 0. The SMILES string of the molecule is CCCCCCCCCc1ccc(OP(=O)(Oc2ccc(CCCCCCCCC)cc2)OP(=O)(O)OP(=O)(O)O)cc1.[Nd]. The van der Waals surface area contributed by atoms with E-state index in [1.807, 2.05) is 0 Å². The average Bonchev–Trinajstić information content (AvgIpc) is 2.92. The summed E-state index contributed by atoms with van der Waals surface area (Å²) in [7, 11) is -16.0. The molecule has 248 valence electrons. The predicted octanol–water partition coefficient (Wildman–Crippen LogP) is 10.1. The summed E-state index contributed by atoms with van der Waals surface area (Å²) in [5, 5.41) is 0. The first kappa shape index (κ1) is 41.9. The maximum atomic E-state index is 13.5. The van der Waals surface area contributed by atoms with Crippen molar-refractivity contribution in [1.82, 2.24) is 0 Å². The molecule has 44 heavy (non-hydrogen) atoms. The van der Waals surface area contributed by atoms with Crippen molar-refractivity contribution < 1.29 is 86.9 Å². The summed E-state index contributed by atoms with van der Waals surface area (Å²) < 4.78 is 56.2. The molecule has 0 aromatic heterocycles. The van der Waals surface area contributed by atoms with Crippen molar-refractivity contribution in [3.8, 4) is 11.5 Å². The molecule has 2 rings (SSSR count). The van der Waals surface area contributed by atoms with Gasteiger partial charge in [0.05, 0.1) is 0 Å². The first-order valence-electron chi connectivity index (χ1n) is 15.4. The molecule has 0 radical (unpaired) electrons. The molecule has 0 saturated carbocycles. The second-order valence-electron chi connectivity index (χ2n) is 10.8. The van der Waals surface area contributed by atoms with Gasteiger partial charge in [0, 0.05) is 40.8 Å². The molecule has 0 aliphatic rings. The van der Waals surface area contributed by atoms with Crippen LogP contribution in [-0.4, -0.2) is 14.7 Å². The maximum Gasteiger partial charge on any atom is 0.596 e. The fourth-order valence-corrected chi connectivity index (χ4v) is 8.13. The maximum absolute atomic E-state index is 13.5. The zero-order valence-electron chi connectivity index (χ0n) is 26.0. The Bertz CT molecular complexity index is 1120. The first-order chi connectivity index (χ1) is 20.4. The standard InChI is InChI=1S/C30H49O10P3.Nd/c1-3-5-7-9-11-13-15-17-27-19-23-29(24-20-27)37-43(36,40-42(34,35)39-41(31,32)33)38-30-25-21-28(22-26-30)18-16-14-12-10-8-6-4-2;/h19-26H,3-18H2,1-2H3,(H,34,35)(H2,31,32,33);. The van der Waals surface area contributed by atoms with Crippen LogP contribution in [0.1, 0.15) is 115 Å². The van der Waals surface area contributed by atoms with E-state index in [0.29, 0.717) is 0 Å². The van der Waals surface area contributed by atoms with Gasteiger partial charge in [0.25, 0.3) is 0 Å². The van der Waals surface area contributed by atoms with Crippen LogP contribution in [0, 0.1) is 40.8 Å². The summed E-state index contributed by atoms with van der Waals surface area (Å²) in [6.45, 7) is 4.39. The summed E-state index contributed by atoms with van der Waals surface area (Å²) in [5.74, 6) is 0.0248. The van der Waals surface area contributed by atoms with E-state index in [2.05, 4.69) is 22.5 Å². The summed E-state index contributed by atoms with van der Waals surface area (Å²) in [6, 6.07) is 13.2. The molecule has 0 heterocycles. The van der Waals surface area contributed by atoms with E-state index >= 15 is 0 Å². The van der Waals surface area contributed by atoms with Gasteiger partial charge >= 0.3 is 23.5 Å². The van der Waals surface area contributed by atoms with Crippen LogP contribution in [0.15, 0.2) is 48.5 Å². The van der Waals surface area contributed by atoms with Crippen molar-refractivity contribution in [2.75, 3.05) is 0 Å². The van der Waals surface area contributed by atoms with Gasteiger partial charge < -0.3 is 23.7 Å². The van der Waals surface area contributed by atoms with Crippen molar-refractivity contribution in [3.63, 3.8) is 0 Å². The molecule has 0 spiro atoms. The zero-order valence-corrected chi connectivity index (χ0v) is 31.9. The third kappa shape index (κ3) is 19.5. The van der Waals surface area contributed by atoms with E-state index < -0.39 is 23.5 Å². The van der Waals surface area contributed by atoms with Crippen molar-refractivity contribution in [1.29, 1.82) is 0 Å². The normalized spacial score (nSPS) is 13.2. The molecule has 2 aromatic carbocycles. The van der Waals surface area contributed by atoms with E-state index in [9.17, 15) is 18.6 Å². The summed E-state index contributed by atoms with van der Waals surface area (Å²) in [6.07, 6.45) is 18.4. The predicted molar refractivity (Wildman–Crippen MR) is 169 cm³/mol. The molecule has 3 N–H and O–H groups in total. The fraction of sp³-hybridized carbons (Fsp3) is 0.600. The smallest absolute Gasteiger partial charge is 0.395 e. The Morgan fingerprint density at radius 2 is 0.864 bits per heavy atom. The Hall–Kier alpha value is -0.119. The number of hydrogen-bond acceptors (Lipinski definition) is 7. The van der Waals surface area contributed by atoms with E-state index in [-0.39, 0.29) is 52.3 Å². The van der Waals surface area contributed by atoms with Crippen LogP contribution in [0.2, 0.25) is 0 Å². The zero-order chi connectivity index (χ0) is 31.6. The molecule has 1 unspecified atom stereocenters. The van der Waals surface area contributed by atoms with Crippen LogP contribution in [0.5, 0.6) is 11.5 Å². The minimum atomic E-state index is -5.56. The number of rotatable bonds is 24. The van der Waals surface area contributed by atoms with Crippen LogP contribution in [0.25, 0.3) is 0 Å². The van der Waals surface area contributed by atoms with Gasteiger partial charge in [-0.05, 0) is 61.1 Å². The molecule has 0 aliphatic carbocycles. The van der Waals surface area contributed by atoms with Crippen LogP contribution < -0.4 is 9.05 Å². The molecule has 14 heteroatoms. The topological polar surface area (TPSA) is 149 Å². The molecule has 0 fully saturated rings. The molecule has 0 amide bonds. The van der Waals surface area contributed by atoms with E-state index in [1.54, 1.807) is 24.3 Å². The third-order valence-corrected chi connectivity index (χ3v) is 11.0. The van der Waals surface area contributed by atoms with Gasteiger partial charge in [-0.2, -0.15) is 8.62 Å². The molecule has 0 bridgehead atoms. The van der Waals surface area contributed by atoms with Gasteiger partial charge in [-0.3, -0.25) is 0 Å². The molecule has 0 saturated heterocycles. The molecule has 1 atom stereocenters. The van der Waals surface area contributed by atoms with Crippen LogP contribution in [-0.2, 0) is 35.2 Å². The van der Waals surface area contributed by atoms with Gasteiger partial charge in [0.15, 0.2) is 0 Å². The Morgan fingerprint density at radius 1 is 0.523 bits per heavy atom. The summed E-state index contributed by atoms with van der Waals surface area (Å²) in [5.41, 5.74) is 2.07. The third-order valence-electron chi connectivity index (χ3n) is 6.83. The average molecular weight is 807 g/mol. The fourth-order valence-electron chi connectivity index (χ4n) is 4.59. The Balaban J connectivity index is 0.00000968. The number of hydrogen-bond donors (Lipinski definition) is 3. The number of phosphoric ester groups is 1. The van der Waals surface area contributed by atoms with Gasteiger partial charge in [-0.25, -0.2) is 13.7 Å². The molecule has 0 aliphatic heterocycles.